The summed E-state index contributed by atoms with van der Waals surface area (Å²) in [6.07, 6.45) is 14.0. The molecule has 0 saturated heterocycles. The maximum Gasteiger partial charge on any atom is 0.0928 e. The molecule has 0 saturated carbocycles. The van der Waals surface area contributed by atoms with Crippen LogP contribution in [0.25, 0.3) is 0 Å². The summed E-state index contributed by atoms with van der Waals surface area (Å²) < 4.78 is 5.56. The molecule has 0 aliphatic rings. The summed E-state index contributed by atoms with van der Waals surface area (Å²) in [5.74, 6) is 1.02. The molecule has 0 radical (unpaired) electrons. The first-order valence-electron chi connectivity index (χ1n) is 6.23. The van der Waals surface area contributed by atoms with Crippen LogP contribution in [0.4, 0.5) is 0 Å². The van der Waals surface area contributed by atoms with Gasteiger partial charge in [-0.05, 0) is 26.3 Å². The van der Waals surface area contributed by atoms with Gasteiger partial charge in [-0.25, -0.2) is 0 Å². The average molecular weight is 210 g/mol. The van der Waals surface area contributed by atoms with Crippen LogP contribution in [0.5, 0.6) is 0 Å². The second kappa shape index (κ2) is 11.4. The van der Waals surface area contributed by atoms with E-state index in [-0.39, 0.29) is 0 Å². The van der Waals surface area contributed by atoms with E-state index in [9.17, 15) is 0 Å². The Morgan fingerprint density at radius 3 is 2.40 bits per heavy atom. The van der Waals surface area contributed by atoms with Crippen LogP contribution < -0.4 is 0 Å². The molecule has 0 spiro atoms. The second-order valence-electron chi connectivity index (χ2n) is 3.92. The smallest absolute Gasteiger partial charge is 0.0928 e. The number of ether oxygens (including phenoxy) is 1. The highest BCUT2D eigenvalue weighted by Gasteiger charge is 1.91. The van der Waals surface area contributed by atoms with Gasteiger partial charge in [-0.3, -0.25) is 0 Å². The van der Waals surface area contributed by atoms with Crippen LogP contribution in [0.15, 0.2) is 24.0 Å². The standard InChI is InChI=1S/C14H26O/c1-4-6-8-9-10-11-13-15-14(3)12-7-5-2/h5,7,12H,4,6,8-11,13H2,1-3H3. The number of hydrogen-bond donors (Lipinski definition) is 0. The Balaban J connectivity index is 3.23. The molecule has 0 unspecified atom stereocenters. The van der Waals surface area contributed by atoms with Crippen LogP contribution in [0.1, 0.15) is 59.3 Å². The van der Waals surface area contributed by atoms with Crippen molar-refractivity contribution in [3.63, 3.8) is 0 Å². The molecule has 0 aromatic carbocycles. The number of unbranched alkanes of at least 4 members (excludes halogenated alkanes) is 5. The van der Waals surface area contributed by atoms with Gasteiger partial charge in [0, 0.05) is 0 Å². The van der Waals surface area contributed by atoms with Crippen LogP contribution in [-0.2, 0) is 4.74 Å². The third-order valence-electron chi connectivity index (χ3n) is 2.35. The molecule has 0 amide bonds. The molecule has 0 atom stereocenters. The van der Waals surface area contributed by atoms with E-state index >= 15 is 0 Å². The number of allylic oxidation sites excluding steroid dienone is 4. The third kappa shape index (κ3) is 11.2. The van der Waals surface area contributed by atoms with Gasteiger partial charge in [-0.2, -0.15) is 0 Å². The largest absolute Gasteiger partial charge is 0.498 e. The van der Waals surface area contributed by atoms with Crippen molar-refractivity contribution < 1.29 is 4.74 Å². The third-order valence-corrected chi connectivity index (χ3v) is 2.35. The summed E-state index contributed by atoms with van der Waals surface area (Å²) in [4.78, 5) is 0. The lowest BCUT2D eigenvalue weighted by atomic mass is 10.1. The van der Waals surface area contributed by atoms with E-state index in [1.807, 2.05) is 32.1 Å². The van der Waals surface area contributed by atoms with Crippen molar-refractivity contribution in [1.29, 1.82) is 0 Å². The molecule has 88 valence electrons. The zero-order valence-corrected chi connectivity index (χ0v) is 10.6. The minimum absolute atomic E-state index is 0.867. The molecule has 15 heavy (non-hydrogen) atoms. The van der Waals surface area contributed by atoms with Crippen molar-refractivity contribution in [2.75, 3.05) is 6.61 Å². The molecule has 0 aliphatic heterocycles. The Morgan fingerprint density at radius 1 is 1.07 bits per heavy atom. The quantitative estimate of drug-likeness (QED) is 0.300. The molecule has 0 fully saturated rings. The normalized spacial score (nSPS) is 12.3. The summed E-state index contributed by atoms with van der Waals surface area (Å²) in [5, 5.41) is 0. The Hall–Kier alpha value is -0.720. The highest BCUT2D eigenvalue weighted by molar-refractivity contribution is 5.04. The Bertz CT molecular complexity index is 180. The fourth-order valence-corrected chi connectivity index (χ4v) is 1.40. The van der Waals surface area contributed by atoms with E-state index in [2.05, 4.69) is 6.92 Å². The Kier molecular flexibility index (Phi) is 10.8. The maximum atomic E-state index is 5.56. The molecule has 0 bridgehead atoms. The SMILES string of the molecule is CC=CC=C(C)OCCCCCCCC. The average Bonchev–Trinajstić information content (AvgIpc) is 2.25. The first-order valence-corrected chi connectivity index (χ1v) is 6.23. The molecular weight excluding hydrogens is 184 g/mol. The van der Waals surface area contributed by atoms with Crippen LogP contribution in [-0.4, -0.2) is 6.61 Å². The lowest BCUT2D eigenvalue weighted by Gasteiger charge is -2.05. The number of rotatable bonds is 9. The molecule has 0 rings (SSSR count). The van der Waals surface area contributed by atoms with E-state index in [0.29, 0.717) is 0 Å². The van der Waals surface area contributed by atoms with Crippen molar-refractivity contribution in [3.8, 4) is 0 Å². The van der Waals surface area contributed by atoms with E-state index in [0.717, 1.165) is 12.4 Å². The minimum atomic E-state index is 0.867. The predicted molar refractivity (Wildman–Crippen MR) is 67.9 cm³/mol. The van der Waals surface area contributed by atoms with Gasteiger partial charge in [0.15, 0.2) is 0 Å². The first kappa shape index (κ1) is 14.3. The van der Waals surface area contributed by atoms with Crippen LogP contribution in [0.3, 0.4) is 0 Å². The minimum Gasteiger partial charge on any atom is -0.498 e. The summed E-state index contributed by atoms with van der Waals surface area (Å²) >= 11 is 0. The van der Waals surface area contributed by atoms with Crippen molar-refractivity contribution in [2.24, 2.45) is 0 Å². The summed E-state index contributed by atoms with van der Waals surface area (Å²) in [5.41, 5.74) is 0. The molecule has 0 aromatic rings. The van der Waals surface area contributed by atoms with E-state index in [1.54, 1.807) is 0 Å². The topological polar surface area (TPSA) is 9.23 Å². The van der Waals surface area contributed by atoms with Crippen LogP contribution >= 0.6 is 0 Å². The summed E-state index contributed by atoms with van der Waals surface area (Å²) in [6, 6.07) is 0. The van der Waals surface area contributed by atoms with Gasteiger partial charge in [-0.1, -0.05) is 51.2 Å². The molecule has 0 aliphatic carbocycles. The monoisotopic (exact) mass is 210 g/mol. The van der Waals surface area contributed by atoms with E-state index in [4.69, 9.17) is 4.74 Å². The Labute approximate surface area is 95.2 Å². The van der Waals surface area contributed by atoms with Crippen molar-refractivity contribution in [1.82, 2.24) is 0 Å². The van der Waals surface area contributed by atoms with Gasteiger partial charge in [0.05, 0.1) is 12.4 Å². The lowest BCUT2D eigenvalue weighted by Crippen LogP contribution is -1.92. The molecule has 1 heteroatoms. The van der Waals surface area contributed by atoms with Gasteiger partial charge in [0.1, 0.15) is 0 Å². The molecule has 0 aromatic heterocycles. The van der Waals surface area contributed by atoms with Crippen molar-refractivity contribution in [2.45, 2.75) is 59.3 Å². The molecule has 0 heterocycles. The molecule has 0 N–H and O–H groups in total. The first-order chi connectivity index (χ1) is 7.31. The molecular formula is C14H26O. The fourth-order valence-electron chi connectivity index (χ4n) is 1.40. The number of hydrogen-bond acceptors (Lipinski definition) is 1. The van der Waals surface area contributed by atoms with Gasteiger partial charge in [0.25, 0.3) is 0 Å². The highest BCUT2D eigenvalue weighted by atomic mass is 16.5. The zero-order chi connectivity index (χ0) is 11.4. The van der Waals surface area contributed by atoms with E-state index in [1.165, 1.54) is 38.5 Å². The van der Waals surface area contributed by atoms with Gasteiger partial charge >= 0.3 is 0 Å². The van der Waals surface area contributed by atoms with Crippen molar-refractivity contribution in [3.05, 3.63) is 24.0 Å². The van der Waals surface area contributed by atoms with Crippen LogP contribution in [0, 0.1) is 0 Å². The fraction of sp³-hybridized carbons (Fsp3) is 0.714. The van der Waals surface area contributed by atoms with Gasteiger partial charge < -0.3 is 4.74 Å². The molecule has 1 nitrogen and oxygen atoms in total. The predicted octanol–water partition coefficient (Wildman–Crippen LogP) is 4.84. The Morgan fingerprint density at radius 2 is 1.73 bits per heavy atom. The lowest BCUT2D eigenvalue weighted by molar-refractivity contribution is 0.207. The summed E-state index contributed by atoms with van der Waals surface area (Å²) in [7, 11) is 0. The van der Waals surface area contributed by atoms with Gasteiger partial charge in [-0.15, -0.1) is 0 Å². The van der Waals surface area contributed by atoms with Crippen molar-refractivity contribution >= 4 is 0 Å². The highest BCUT2D eigenvalue weighted by Crippen LogP contribution is 2.06. The van der Waals surface area contributed by atoms with Crippen LogP contribution in [0.2, 0.25) is 0 Å². The second-order valence-corrected chi connectivity index (χ2v) is 3.92. The van der Waals surface area contributed by atoms with Gasteiger partial charge in [0.2, 0.25) is 0 Å². The summed E-state index contributed by atoms with van der Waals surface area (Å²) in [6.45, 7) is 7.14. The maximum absolute atomic E-state index is 5.56. The zero-order valence-electron chi connectivity index (χ0n) is 10.6. The van der Waals surface area contributed by atoms with E-state index < -0.39 is 0 Å².